The molecule has 1 aromatic carbocycles. The Morgan fingerprint density at radius 1 is 1.09 bits per heavy atom. The Hall–Kier alpha value is -1.31. The zero-order valence-electron chi connectivity index (χ0n) is 13.1. The Balaban J connectivity index is 1.89. The van der Waals surface area contributed by atoms with Crippen LogP contribution < -0.4 is 5.63 Å². The van der Waals surface area contributed by atoms with Gasteiger partial charge in [0, 0.05) is 17.2 Å². The van der Waals surface area contributed by atoms with E-state index in [1.807, 2.05) is 13.0 Å². The topological polar surface area (TPSA) is 56.0 Å². The van der Waals surface area contributed by atoms with E-state index < -0.39 is 0 Å². The van der Waals surface area contributed by atoms with Crippen LogP contribution in [0.25, 0.3) is 11.0 Å². The number of hydrogen-bond donors (Lipinski definition) is 0. The largest absolute Gasteiger partial charge is 0.423 e. The normalized spacial score (nSPS) is 11.3. The monoisotopic (exact) mass is 364 g/mol. The highest BCUT2D eigenvalue weighted by molar-refractivity contribution is 8.02. The summed E-state index contributed by atoms with van der Waals surface area (Å²) >= 11 is 4.89. The third-order valence-corrected chi connectivity index (χ3v) is 6.57. The van der Waals surface area contributed by atoms with E-state index in [-0.39, 0.29) is 5.63 Å². The van der Waals surface area contributed by atoms with Gasteiger partial charge in [0.25, 0.3) is 0 Å². The lowest BCUT2D eigenvalue weighted by Gasteiger charge is -2.07. The average Bonchev–Trinajstić information content (AvgIpc) is 2.95. The highest BCUT2D eigenvalue weighted by atomic mass is 32.2. The molecule has 0 atom stereocenters. The van der Waals surface area contributed by atoms with Crippen LogP contribution in [0.2, 0.25) is 0 Å². The number of hydrogen-bond acceptors (Lipinski definition) is 7. The van der Waals surface area contributed by atoms with Crippen molar-refractivity contribution >= 4 is 45.8 Å². The second-order valence-electron chi connectivity index (χ2n) is 5.08. The molecule has 0 radical (unpaired) electrons. The minimum atomic E-state index is -0.309. The van der Waals surface area contributed by atoms with Crippen molar-refractivity contribution in [3.05, 3.63) is 45.3 Å². The Morgan fingerprint density at radius 3 is 2.52 bits per heavy atom. The van der Waals surface area contributed by atoms with Gasteiger partial charge in [0.15, 0.2) is 8.68 Å². The molecule has 2 heterocycles. The quantitative estimate of drug-likeness (QED) is 0.484. The molecule has 0 aliphatic carbocycles. The fraction of sp³-hybridized carbons (Fsp3) is 0.312. The summed E-state index contributed by atoms with van der Waals surface area (Å²) in [5.74, 6) is 1.67. The van der Waals surface area contributed by atoms with E-state index in [1.54, 1.807) is 40.9 Å². The third kappa shape index (κ3) is 3.79. The molecule has 0 unspecified atom stereocenters. The Labute approximate surface area is 146 Å². The second-order valence-corrected chi connectivity index (χ2v) is 8.79. The average molecular weight is 365 g/mol. The first kappa shape index (κ1) is 16.5. The minimum Gasteiger partial charge on any atom is -0.423 e. The third-order valence-electron chi connectivity index (χ3n) is 3.45. The lowest BCUT2D eigenvalue weighted by molar-refractivity contribution is 0.559. The summed E-state index contributed by atoms with van der Waals surface area (Å²) in [6.45, 7) is 6.18. The second kappa shape index (κ2) is 7.07. The lowest BCUT2D eigenvalue weighted by atomic mass is 10.0. The van der Waals surface area contributed by atoms with Gasteiger partial charge in [-0.15, -0.1) is 10.2 Å². The van der Waals surface area contributed by atoms with Crippen molar-refractivity contribution in [3.8, 4) is 0 Å². The zero-order valence-corrected chi connectivity index (χ0v) is 15.5. The summed E-state index contributed by atoms with van der Waals surface area (Å²) in [6.07, 6.45) is 0. The van der Waals surface area contributed by atoms with Gasteiger partial charge in [0.2, 0.25) is 0 Å². The van der Waals surface area contributed by atoms with Crippen molar-refractivity contribution in [3.63, 3.8) is 0 Å². The van der Waals surface area contributed by atoms with Crippen molar-refractivity contribution < 1.29 is 4.42 Å². The van der Waals surface area contributed by atoms with Gasteiger partial charge in [-0.25, -0.2) is 4.79 Å². The summed E-state index contributed by atoms with van der Waals surface area (Å²) in [6, 6.07) is 5.59. The molecule has 0 aliphatic rings. The van der Waals surface area contributed by atoms with Gasteiger partial charge in [-0.05, 0) is 48.4 Å². The molecular weight excluding hydrogens is 348 g/mol. The van der Waals surface area contributed by atoms with Gasteiger partial charge in [0.05, 0.1) is 0 Å². The van der Waals surface area contributed by atoms with Crippen LogP contribution in [-0.4, -0.2) is 16.0 Å². The van der Waals surface area contributed by atoms with Gasteiger partial charge in [0.1, 0.15) is 5.58 Å². The molecule has 7 heteroatoms. The fourth-order valence-electron chi connectivity index (χ4n) is 2.18. The Kier molecular flexibility index (Phi) is 5.08. The number of aromatic nitrogens is 2. The smallest absolute Gasteiger partial charge is 0.336 e. The van der Waals surface area contributed by atoms with Crippen LogP contribution in [0.4, 0.5) is 0 Å². The molecule has 120 valence electrons. The molecule has 4 nitrogen and oxygen atoms in total. The summed E-state index contributed by atoms with van der Waals surface area (Å²) in [7, 11) is 0. The van der Waals surface area contributed by atoms with Gasteiger partial charge in [-0.3, -0.25) is 0 Å². The molecule has 0 spiro atoms. The van der Waals surface area contributed by atoms with Crippen molar-refractivity contribution in [1.82, 2.24) is 10.2 Å². The summed E-state index contributed by atoms with van der Waals surface area (Å²) in [5, 5.41) is 9.34. The van der Waals surface area contributed by atoms with Crippen molar-refractivity contribution in [2.24, 2.45) is 0 Å². The number of thioether (sulfide) groups is 2. The predicted molar refractivity (Wildman–Crippen MR) is 97.8 cm³/mol. The van der Waals surface area contributed by atoms with E-state index in [0.29, 0.717) is 11.3 Å². The van der Waals surface area contributed by atoms with E-state index in [0.717, 1.165) is 30.9 Å². The molecule has 23 heavy (non-hydrogen) atoms. The number of nitrogens with zero attached hydrogens (tertiary/aromatic N) is 2. The fourth-order valence-corrected chi connectivity index (χ4v) is 5.09. The maximum absolute atomic E-state index is 11.8. The van der Waals surface area contributed by atoms with Crippen molar-refractivity contribution in [1.29, 1.82) is 0 Å². The standard InChI is InChI=1S/C16H16N2O2S3/c1-4-21-15-17-18-16(23-15)22-8-11-7-14(19)20-13-6-10(3)9(2)5-12(11)13/h5-7H,4,8H2,1-3H3. The van der Waals surface area contributed by atoms with Crippen LogP contribution >= 0.6 is 34.9 Å². The van der Waals surface area contributed by atoms with E-state index in [9.17, 15) is 4.79 Å². The van der Waals surface area contributed by atoms with Crippen molar-refractivity contribution in [2.45, 2.75) is 35.2 Å². The lowest BCUT2D eigenvalue weighted by Crippen LogP contribution is -2.00. The van der Waals surface area contributed by atoms with Crippen LogP contribution in [0.5, 0.6) is 0 Å². The molecule has 0 aliphatic heterocycles. The van der Waals surface area contributed by atoms with Crippen LogP contribution in [0.3, 0.4) is 0 Å². The first-order chi connectivity index (χ1) is 11.1. The number of fused-ring (bicyclic) bond motifs is 1. The Morgan fingerprint density at radius 2 is 1.78 bits per heavy atom. The highest BCUT2D eigenvalue weighted by Gasteiger charge is 2.10. The summed E-state index contributed by atoms with van der Waals surface area (Å²) < 4.78 is 7.24. The van der Waals surface area contributed by atoms with E-state index >= 15 is 0 Å². The van der Waals surface area contributed by atoms with Gasteiger partial charge in [-0.2, -0.15) is 0 Å². The van der Waals surface area contributed by atoms with Crippen LogP contribution in [0.1, 0.15) is 23.6 Å². The number of benzene rings is 1. The molecule has 0 N–H and O–H groups in total. The first-order valence-corrected chi connectivity index (χ1v) is 9.98. The number of rotatable bonds is 5. The van der Waals surface area contributed by atoms with Gasteiger partial charge in [-0.1, -0.05) is 41.8 Å². The minimum absolute atomic E-state index is 0.309. The molecule has 0 saturated heterocycles. The molecule has 2 aromatic heterocycles. The maximum Gasteiger partial charge on any atom is 0.336 e. The summed E-state index contributed by atoms with van der Waals surface area (Å²) in [4.78, 5) is 11.8. The van der Waals surface area contributed by atoms with Gasteiger partial charge >= 0.3 is 5.63 Å². The van der Waals surface area contributed by atoms with Crippen LogP contribution in [0, 0.1) is 13.8 Å². The van der Waals surface area contributed by atoms with Crippen LogP contribution in [0.15, 0.2) is 36.1 Å². The highest BCUT2D eigenvalue weighted by Crippen LogP contribution is 2.32. The molecular formula is C16H16N2O2S3. The predicted octanol–water partition coefficient (Wildman–Crippen LogP) is 4.67. The van der Waals surface area contributed by atoms with Gasteiger partial charge < -0.3 is 4.42 Å². The van der Waals surface area contributed by atoms with E-state index in [1.165, 1.54) is 5.56 Å². The van der Waals surface area contributed by atoms with E-state index in [4.69, 9.17) is 4.42 Å². The molecule has 0 saturated carbocycles. The van der Waals surface area contributed by atoms with Crippen molar-refractivity contribution in [2.75, 3.05) is 5.75 Å². The molecule has 0 fully saturated rings. The molecule has 0 amide bonds. The van der Waals surface area contributed by atoms with Crippen LogP contribution in [-0.2, 0) is 5.75 Å². The molecule has 3 rings (SSSR count). The van der Waals surface area contributed by atoms with E-state index in [2.05, 4.69) is 30.1 Å². The Bertz CT molecular complexity index is 902. The molecule has 3 aromatic rings. The zero-order chi connectivity index (χ0) is 16.4. The maximum atomic E-state index is 11.8. The first-order valence-electron chi connectivity index (χ1n) is 7.20. The number of aryl methyl sites for hydroxylation is 2. The SMILES string of the molecule is CCSc1nnc(SCc2cc(=O)oc3cc(C)c(C)cc23)s1. The molecule has 0 bridgehead atoms. The summed E-state index contributed by atoms with van der Waals surface area (Å²) in [5.41, 5.74) is 3.63.